The molecule has 0 spiro atoms. The molecule has 1 aromatic heterocycles. The Morgan fingerprint density at radius 2 is 1.59 bits per heavy atom. The van der Waals surface area contributed by atoms with Gasteiger partial charge in [0.15, 0.2) is 5.13 Å². The third-order valence-electron chi connectivity index (χ3n) is 6.56. The predicted octanol–water partition coefficient (Wildman–Crippen LogP) is 5.95. The summed E-state index contributed by atoms with van der Waals surface area (Å²) in [5.41, 5.74) is 6.07. The van der Waals surface area contributed by atoms with Gasteiger partial charge in [0.2, 0.25) is 0 Å². The zero-order valence-electron chi connectivity index (χ0n) is 21.4. The third kappa shape index (κ3) is 6.42. The fourth-order valence-electron chi connectivity index (χ4n) is 4.67. The number of para-hydroxylation sites is 1. The van der Waals surface area contributed by atoms with E-state index >= 15 is 0 Å². The van der Waals surface area contributed by atoms with E-state index in [0.717, 1.165) is 54.9 Å². The summed E-state index contributed by atoms with van der Waals surface area (Å²) < 4.78 is 16.9. The van der Waals surface area contributed by atoms with Crippen molar-refractivity contribution in [2.24, 2.45) is 0 Å². The predicted molar refractivity (Wildman–Crippen MR) is 150 cm³/mol. The van der Waals surface area contributed by atoms with Crippen molar-refractivity contribution in [3.8, 4) is 11.5 Å². The highest BCUT2D eigenvalue weighted by Gasteiger charge is 2.18. The lowest BCUT2D eigenvalue weighted by Gasteiger charge is -2.23. The van der Waals surface area contributed by atoms with Crippen LogP contribution in [0.5, 0.6) is 11.5 Å². The van der Waals surface area contributed by atoms with E-state index in [4.69, 9.17) is 19.2 Å². The van der Waals surface area contributed by atoms with Crippen LogP contribution < -0.4 is 19.3 Å². The van der Waals surface area contributed by atoms with Crippen molar-refractivity contribution in [2.75, 3.05) is 43.7 Å². The highest BCUT2D eigenvalue weighted by Crippen LogP contribution is 2.28. The first-order chi connectivity index (χ1) is 18.2. The molecule has 0 saturated carbocycles. The molecule has 1 aliphatic rings. The van der Waals surface area contributed by atoms with Gasteiger partial charge in [-0.05, 0) is 53.4 Å². The van der Waals surface area contributed by atoms with Gasteiger partial charge in [0.1, 0.15) is 11.5 Å². The molecule has 4 aromatic rings. The Hall–Kier alpha value is -3.55. The minimum Gasteiger partial charge on any atom is -0.497 e. The smallest absolute Gasteiger partial charge is 0.186 e. The first-order valence-electron chi connectivity index (χ1n) is 12.6. The van der Waals surface area contributed by atoms with Crippen LogP contribution in [0.1, 0.15) is 22.4 Å². The highest BCUT2D eigenvalue weighted by molar-refractivity contribution is 7.13. The molecule has 0 N–H and O–H groups in total. The summed E-state index contributed by atoms with van der Waals surface area (Å²) >= 11 is 1.65. The molecule has 0 bridgehead atoms. The van der Waals surface area contributed by atoms with Crippen LogP contribution in [0.2, 0.25) is 0 Å². The van der Waals surface area contributed by atoms with E-state index in [1.54, 1.807) is 25.6 Å². The van der Waals surface area contributed by atoms with Gasteiger partial charge in [-0.3, -0.25) is 0 Å². The van der Waals surface area contributed by atoms with E-state index in [1.165, 1.54) is 22.4 Å². The number of ether oxygens (including phenoxy) is 3. The monoisotopic (exact) mass is 515 g/mol. The van der Waals surface area contributed by atoms with Crippen LogP contribution in [-0.2, 0) is 30.9 Å². The number of methoxy groups -OCH3 is 2. The Balaban J connectivity index is 1.23. The zero-order chi connectivity index (χ0) is 25.5. The summed E-state index contributed by atoms with van der Waals surface area (Å²) in [7, 11) is 3.39. The van der Waals surface area contributed by atoms with E-state index in [2.05, 4.69) is 63.7 Å². The largest absolute Gasteiger partial charge is 0.497 e. The number of rotatable bonds is 12. The Labute approximate surface area is 223 Å². The molecule has 37 heavy (non-hydrogen) atoms. The van der Waals surface area contributed by atoms with Crippen LogP contribution in [0.25, 0.3) is 0 Å². The second-order valence-corrected chi connectivity index (χ2v) is 9.94. The molecule has 0 atom stereocenters. The molecule has 5 rings (SSSR count). The third-order valence-corrected chi connectivity index (χ3v) is 7.51. The van der Waals surface area contributed by atoms with Gasteiger partial charge in [-0.15, -0.1) is 11.3 Å². The van der Waals surface area contributed by atoms with Gasteiger partial charge >= 0.3 is 0 Å². The number of thiazole rings is 1. The lowest BCUT2D eigenvalue weighted by atomic mass is 10.1. The molecule has 6 nitrogen and oxygen atoms in total. The summed E-state index contributed by atoms with van der Waals surface area (Å²) in [6, 6.07) is 25.0. The van der Waals surface area contributed by atoms with Crippen LogP contribution >= 0.6 is 11.3 Å². The fourth-order valence-corrected chi connectivity index (χ4v) is 5.48. The maximum Gasteiger partial charge on any atom is 0.186 e. The molecule has 0 radical (unpaired) electrons. The number of aromatic nitrogens is 1. The number of nitrogens with zero attached hydrogens (tertiary/aromatic N) is 3. The quantitative estimate of drug-likeness (QED) is 0.218. The van der Waals surface area contributed by atoms with Crippen molar-refractivity contribution in [1.82, 2.24) is 4.98 Å². The first-order valence-corrected chi connectivity index (χ1v) is 13.5. The van der Waals surface area contributed by atoms with Crippen molar-refractivity contribution in [1.29, 1.82) is 0 Å². The summed E-state index contributed by atoms with van der Waals surface area (Å²) in [5.74, 6) is 1.71. The Morgan fingerprint density at radius 3 is 2.30 bits per heavy atom. The molecule has 0 fully saturated rings. The number of fused-ring (bicyclic) bond motifs is 1. The minimum atomic E-state index is 0.512. The van der Waals surface area contributed by atoms with E-state index < -0.39 is 0 Å². The van der Waals surface area contributed by atoms with E-state index in [0.29, 0.717) is 13.2 Å². The van der Waals surface area contributed by atoms with E-state index in [-0.39, 0.29) is 0 Å². The van der Waals surface area contributed by atoms with E-state index in [9.17, 15) is 0 Å². The number of hydrogen-bond donors (Lipinski definition) is 0. The maximum atomic E-state index is 6.04. The Bertz CT molecular complexity index is 1260. The standard InChI is InChI=1S/C30H33N3O3S/c1-34-27-10-5-7-23(17-27)19-33(20-24-8-6-11-28(18-24)35-2)30-31-26(22-37-30)21-36-16-15-32-14-13-25-9-3-4-12-29(25)32/h3-12,17-18,22H,13-16,19-21H2,1-2H3. The molecule has 7 heteroatoms. The van der Waals surface area contributed by atoms with Gasteiger partial charge in [-0.2, -0.15) is 0 Å². The highest BCUT2D eigenvalue weighted by atomic mass is 32.1. The molecule has 192 valence electrons. The molecule has 0 unspecified atom stereocenters. The number of benzene rings is 3. The SMILES string of the molecule is COc1cccc(CN(Cc2cccc(OC)c2)c2nc(COCCN3CCc4ccccc43)cs2)c1. The van der Waals surface area contributed by atoms with Gasteiger partial charge in [0, 0.05) is 37.2 Å². The van der Waals surface area contributed by atoms with Crippen molar-refractivity contribution in [3.63, 3.8) is 0 Å². The molecule has 0 saturated heterocycles. The van der Waals surface area contributed by atoms with Gasteiger partial charge in [0.05, 0.1) is 33.1 Å². The molecule has 0 amide bonds. The summed E-state index contributed by atoms with van der Waals surface area (Å²) in [6.45, 7) is 4.59. The lowest BCUT2D eigenvalue weighted by Crippen LogP contribution is -2.25. The van der Waals surface area contributed by atoms with Crippen molar-refractivity contribution in [2.45, 2.75) is 26.1 Å². The molecule has 2 heterocycles. The average Bonchev–Trinajstić information content (AvgIpc) is 3.58. The van der Waals surface area contributed by atoms with Crippen molar-refractivity contribution in [3.05, 3.63) is 101 Å². The topological polar surface area (TPSA) is 47.1 Å². The van der Waals surface area contributed by atoms with Gasteiger partial charge < -0.3 is 24.0 Å². The molecular formula is C30H33N3O3S. The number of hydrogen-bond acceptors (Lipinski definition) is 7. The Kier molecular flexibility index (Phi) is 8.23. The zero-order valence-corrected chi connectivity index (χ0v) is 22.2. The lowest BCUT2D eigenvalue weighted by molar-refractivity contribution is 0.125. The van der Waals surface area contributed by atoms with E-state index in [1.807, 2.05) is 24.3 Å². The molecule has 1 aliphatic heterocycles. The second-order valence-electron chi connectivity index (χ2n) is 9.10. The summed E-state index contributed by atoms with van der Waals surface area (Å²) in [5, 5.41) is 3.07. The van der Waals surface area contributed by atoms with Gasteiger partial charge in [-0.1, -0.05) is 42.5 Å². The van der Waals surface area contributed by atoms with Crippen LogP contribution in [-0.4, -0.2) is 38.9 Å². The normalized spacial score (nSPS) is 12.4. The number of anilines is 2. The first kappa shape index (κ1) is 25.1. The van der Waals surface area contributed by atoms with Crippen molar-refractivity contribution < 1.29 is 14.2 Å². The summed E-state index contributed by atoms with van der Waals surface area (Å²) in [6.07, 6.45) is 1.11. The van der Waals surface area contributed by atoms with Crippen LogP contribution in [0.3, 0.4) is 0 Å². The minimum absolute atomic E-state index is 0.512. The maximum absolute atomic E-state index is 6.04. The van der Waals surface area contributed by atoms with Crippen LogP contribution in [0, 0.1) is 0 Å². The van der Waals surface area contributed by atoms with Crippen LogP contribution in [0.15, 0.2) is 78.2 Å². The van der Waals surface area contributed by atoms with Crippen LogP contribution in [0.4, 0.5) is 10.8 Å². The van der Waals surface area contributed by atoms with Crippen molar-refractivity contribution >= 4 is 22.2 Å². The summed E-state index contributed by atoms with van der Waals surface area (Å²) in [4.78, 5) is 9.64. The Morgan fingerprint density at radius 1 is 0.892 bits per heavy atom. The molecular weight excluding hydrogens is 482 g/mol. The molecule has 3 aromatic carbocycles. The fraction of sp³-hybridized carbons (Fsp3) is 0.300. The molecule has 0 aliphatic carbocycles. The average molecular weight is 516 g/mol. The van der Waals surface area contributed by atoms with Gasteiger partial charge in [0.25, 0.3) is 0 Å². The second kappa shape index (κ2) is 12.1. The van der Waals surface area contributed by atoms with Gasteiger partial charge in [-0.25, -0.2) is 4.98 Å².